The quantitative estimate of drug-likeness (QED) is 0.790. The number of benzene rings is 1. The van der Waals surface area contributed by atoms with Gasteiger partial charge in [-0.3, -0.25) is 4.98 Å². The first kappa shape index (κ1) is 14.9. The van der Waals surface area contributed by atoms with Crippen LogP contribution in [0.15, 0.2) is 29.4 Å². The Kier molecular flexibility index (Phi) is 3.20. The van der Waals surface area contributed by atoms with Gasteiger partial charge >= 0.3 is 0 Å². The molecule has 0 N–H and O–H groups in total. The summed E-state index contributed by atoms with van der Waals surface area (Å²) in [6, 6.07) is 4.33. The molecule has 116 valence electrons. The summed E-state index contributed by atoms with van der Waals surface area (Å²) in [4.78, 5) is 8.65. The summed E-state index contributed by atoms with van der Waals surface area (Å²) in [6.07, 6.45) is 2.27. The van der Waals surface area contributed by atoms with Crippen molar-refractivity contribution >= 4 is 16.8 Å². The zero-order chi connectivity index (χ0) is 16.1. The Balaban J connectivity index is 2.11. The smallest absolute Gasteiger partial charge is 0.218 e. The van der Waals surface area contributed by atoms with Crippen LogP contribution in [0.25, 0.3) is 10.9 Å². The SMILES string of the molecule is CC1(C)CC(C)(C)OC(c2cnc3c(F)c(F)ccc3c2)=N1. The van der Waals surface area contributed by atoms with E-state index in [4.69, 9.17) is 4.74 Å². The zero-order valence-corrected chi connectivity index (χ0v) is 13.1. The van der Waals surface area contributed by atoms with Crippen molar-refractivity contribution in [3.8, 4) is 0 Å². The van der Waals surface area contributed by atoms with Crippen LogP contribution in [0, 0.1) is 11.6 Å². The molecule has 0 spiro atoms. The van der Waals surface area contributed by atoms with Gasteiger partial charge in [0.2, 0.25) is 5.90 Å². The van der Waals surface area contributed by atoms with Crippen molar-refractivity contribution in [1.82, 2.24) is 4.98 Å². The third kappa shape index (κ3) is 2.67. The van der Waals surface area contributed by atoms with E-state index in [2.05, 4.69) is 9.98 Å². The van der Waals surface area contributed by atoms with Gasteiger partial charge in [0, 0.05) is 18.0 Å². The van der Waals surface area contributed by atoms with Gasteiger partial charge in [-0.2, -0.15) is 0 Å². The number of hydrogen-bond acceptors (Lipinski definition) is 3. The van der Waals surface area contributed by atoms with Gasteiger partial charge in [-0.15, -0.1) is 0 Å². The molecular weight excluding hydrogens is 286 g/mol. The lowest BCUT2D eigenvalue weighted by atomic mass is 9.88. The first-order valence-electron chi connectivity index (χ1n) is 7.20. The Morgan fingerprint density at radius 3 is 2.55 bits per heavy atom. The second-order valence-corrected chi connectivity index (χ2v) is 6.93. The molecule has 0 fully saturated rings. The maximum Gasteiger partial charge on any atom is 0.218 e. The van der Waals surface area contributed by atoms with Crippen LogP contribution in [0.1, 0.15) is 39.7 Å². The second-order valence-electron chi connectivity index (χ2n) is 6.93. The standard InChI is InChI=1S/C17H18F2N2O/c1-16(2)9-17(3,4)22-15(21-16)11-7-10-5-6-12(18)13(19)14(10)20-8-11/h5-8H,9H2,1-4H3. The maximum absolute atomic E-state index is 13.7. The zero-order valence-electron chi connectivity index (χ0n) is 13.1. The molecule has 0 atom stereocenters. The number of aliphatic imine (C=N–C) groups is 1. The predicted molar refractivity (Wildman–Crippen MR) is 82.1 cm³/mol. The topological polar surface area (TPSA) is 34.5 Å². The van der Waals surface area contributed by atoms with Crippen molar-refractivity contribution in [1.29, 1.82) is 0 Å². The van der Waals surface area contributed by atoms with Crippen molar-refractivity contribution in [2.75, 3.05) is 0 Å². The molecule has 0 radical (unpaired) electrons. The highest BCUT2D eigenvalue weighted by Crippen LogP contribution is 2.33. The number of rotatable bonds is 1. The van der Waals surface area contributed by atoms with E-state index in [0.717, 1.165) is 12.5 Å². The van der Waals surface area contributed by atoms with Gasteiger partial charge in [-0.1, -0.05) is 0 Å². The molecule has 22 heavy (non-hydrogen) atoms. The molecule has 1 aliphatic rings. The van der Waals surface area contributed by atoms with Crippen molar-refractivity contribution in [2.24, 2.45) is 4.99 Å². The first-order chi connectivity index (χ1) is 10.2. The molecule has 5 heteroatoms. The molecule has 0 saturated carbocycles. The van der Waals surface area contributed by atoms with E-state index in [1.54, 1.807) is 6.07 Å². The Bertz CT molecular complexity index is 782. The molecule has 0 aliphatic carbocycles. The molecule has 3 nitrogen and oxygen atoms in total. The molecule has 3 rings (SSSR count). The molecule has 0 saturated heterocycles. The van der Waals surface area contributed by atoms with E-state index in [0.29, 0.717) is 16.8 Å². The Morgan fingerprint density at radius 1 is 1.14 bits per heavy atom. The highest BCUT2D eigenvalue weighted by Gasteiger charge is 2.36. The number of ether oxygens (including phenoxy) is 1. The summed E-state index contributed by atoms with van der Waals surface area (Å²) in [6.45, 7) is 8.10. The molecule has 1 aromatic heterocycles. The van der Waals surface area contributed by atoms with E-state index in [1.165, 1.54) is 12.3 Å². The van der Waals surface area contributed by atoms with E-state index >= 15 is 0 Å². The summed E-state index contributed by atoms with van der Waals surface area (Å²) in [7, 11) is 0. The monoisotopic (exact) mass is 304 g/mol. The minimum absolute atomic E-state index is 0.0127. The Morgan fingerprint density at radius 2 is 1.86 bits per heavy atom. The molecule has 0 unspecified atom stereocenters. The summed E-state index contributed by atoms with van der Waals surface area (Å²) in [5, 5.41) is 0.517. The van der Waals surface area contributed by atoms with Crippen LogP contribution in [0.3, 0.4) is 0 Å². The van der Waals surface area contributed by atoms with E-state index in [1.807, 2.05) is 27.7 Å². The number of fused-ring (bicyclic) bond motifs is 1. The number of halogens is 2. The van der Waals surface area contributed by atoms with Crippen LogP contribution in [0.4, 0.5) is 8.78 Å². The lowest BCUT2D eigenvalue weighted by molar-refractivity contribution is 0.0473. The number of pyridine rings is 1. The van der Waals surface area contributed by atoms with Gasteiger partial charge < -0.3 is 4.74 Å². The van der Waals surface area contributed by atoms with E-state index < -0.39 is 11.6 Å². The molecule has 2 heterocycles. The highest BCUT2D eigenvalue weighted by atomic mass is 19.2. The van der Waals surface area contributed by atoms with Crippen molar-refractivity contribution in [3.05, 3.63) is 41.6 Å². The Labute approximate surface area is 128 Å². The fraction of sp³-hybridized carbons (Fsp3) is 0.412. The fourth-order valence-electron chi connectivity index (χ4n) is 3.06. The van der Waals surface area contributed by atoms with Crippen LogP contribution in [0.5, 0.6) is 0 Å². The van der Waals surface area contributed by atoms with E-state index in [9.17, 15) is 8.78 Å². The van der Waals surface area contributed by atoms with Gasteiger partial charge in [0.1, 0.15) is 11.1 Å². The fourth-order valence-corrected chi connectivity index (χ4v) is 3.06. The summed E-state index contributed by atoms with van der Waals surface area (Å²) < 4.78 is 32.9. The van der Waals surface area contributed by atoms with Crippen LogP contribution in [-0.2, 0) is 4.74 Å². The van der Waals surface area contributed by atoms with Crippen LogP contribution >= 0.6 is 0 Å². The van der Waals surface area contributed by atoms with Crippen LogP contribution in [0.2, 0.25) is 0 Å². The third-order valence-electron chi connectivity index (χ3n) is 3.63. The normalized spacial score (nSPS) is 19.6. The lowest BCUT2D eigenvalue weighted by Crippen LogP contribution is -2.42. The van der Waals surface area contributed by atoms with Gasteiger partial charge in [0.05, 0.1) is 11.1 Å². The molecular formula is C17H18F2N2O. The number of aromatic nitrogens is 1. The molecule has 0 bridgehead atoms. The molecule has 0 amide bonds. The molecule has 1 aliphatic heterocycles. The summed E-state index contributed by atoms with van der Waals surface area (Å²) in [5.74, 6) is -1.35. The average molecular weight is 304 g/mol. The lowest BCUT2D eigenvalue weighted by Gasteiger charge is -2.38. The first-order valence-corrected chi connectivity index (χ1v) is 7.20. The largest absolute Gasteiger partial charge is 0.471 e. The maximum atomic E-state index is 13.7. The van der Waals surface area contributed by atoms with Gasteiger partial charge in [-0.25, -0.2) is 13.8 Å². The highest BCUT2D eigenvalue weighted by molar-refractivity contribution is 5.98. The van der Waals surface area contributed by atoms with Crippen molar-refractivity contribution in [2.45, 2.75) is 45.3 Å². The second kappa shape index (κ2) is 4.73. The van der Waals surface area contributed by atoms with Crippen LogP contribution < -0.4 is 0 Å². The van der Waals surface area contributed by atoms with Crippen molar-refractivity contribution < 1.29 is 13.5 Å². The summed E-state index contributed by atoms with van der Waals surface area (Å²) >= 11 is 0. The number of nitrogens with zero attached hydrogens (tertiary/aromatic N) is 2. The van der Waals surface area contributed by atoms with Gasteiger partial charge in [-0.05, 0) is 45.9 Å². The minimum Gasteiger partial charge on any atom is -0.471 e. The molecule has 2 aromatic rings. The minimum atomic E-state index is -0.934. The van der Waals surface area contributed by atoms with Crippen LogP contribution in [-0.4, -0.2) is 22.0 Å². The molecule has 1 aromatic carbocycles. The average Bonchev–Trinajstić information content (AvgIpc) is 2.39. The van der Waals surface area contributed by atoms with Gasteiger partial charge in [0.25, 0.3) is 0 Å². The predicted octanol–water partition coefficient (Wildman–Crippen LogP) is 4.24. The van der Waals surface area contributed by atoms with Gasteiger partial charge in [0.15, 0.2) is 11.6 Å². The number of hydrogen-bond donors (Lipinski definition) is 0. The third-order valence-corrected chi connectivity index (χ3v) is 3.63. The van der Waals surface area contributed by atoms with Crippen molar-refractivity contribution in [3.63, 3.8) is 0 Å². The van der Waals surface area contributed by atoms with E-state index in [-0.39, 0.29) is 16.7 Å². The Hall–Kier alpha value is -2.04. The summed E-state index contributed by atoms with van der Waals surface area (Å²) in [5.41, 5.74) is 0.0852.